The van der Waals surface area contributed by atoms with Gasteiger partial charge in [-0.3, -0.25) is 0 Å². The largest absolute Gasteiger partial charge is 0.365 e. The standard InChI is InChI=1S/C20H15N5/c21-11-16-14-24-20(23-13-15-7-3-1-4-8-15)18(12-22)19(16)25-17-9-5-2-6-10-17/h1-10,14H,13H2,(H2,23,24,25). The molecule has 120 valence electrons. The highest BCUT2D eigenvalue weighted by Gasteiger charge is 2.15. The number of benzene rings is 2. The number of nitrogens with one attached hydrogen (secondary N) is 2. The minimum absolute atomic E-state index is 0.318. The fraction of sp³-hybridized carbons (Fsp3) is 0.0500. The molecule has 0 aliphatic heterocycles. The van der Waals surface area contributed by atoms with Crippen molar-refractivity contribution >= 4 is 17.2 Å². The van der Waals surface area contributed by atoms with Gasteiger partial charge in [-0.2, -0.15) is 10.5 Å². The normalized spacial score (nSPS) is 9.68. The maximum atomic E-state index is 9.62. The van der Waals surface area contributed by atoms with Gasteiger partial charge in [0.05, 0.1) is 11.3 Å². The predicted molar refractivity (Wildman–Crippen MR) is 97.2 cm³/mol. The zero-order valence-electron chi connectivity index (χ0n) is 13.4. The molecule has 0 saturated heterocycles. The van der Waals surface area contributed by atoms with Gasteiger partial charge in [-0.15, -0.1) is 0 Å². The highest BCUT2D eigenvalue weighted by Crippen LogP contribution is 2.28. The molecular weight excluding hydrogens is 310 g/mol. The molecule has 0 fully saturated rings. The van der Waals surface area contributed by atoms with Gasteiger partial charge in [0.25, 0.3) is 0 Å². The van der Waals surface area contributed by atoms with Crippen molar-refractivity contribution in [1.29, 1.82) is 10.5 Å². The van der Waals surface area contributed by atoms with Gasteiger partial charge < -0.3 is 10.6 Å². The van der Waals surface area contributed by atoms with Crippen molar-refractivity contribution in [3.63, 3.8) is 0 Å². The van der Waals surface area contributed by atoms with Crippen LogP contribution in [0.15, 0.2) is 66.9 Å². The summed E-state index contributed by atoms with van der Waals surface area (Å²) in [5.74, 6) is 0.448. The average molecular weight is 325 g/mol. The lowest BCUT2D eigenvalue weighted by Gasteiger charge is -2.14. The topological polar surface area (TPSA) is 84.5 Å². The SMILES string of the molecule is N#Cc1cnc(NCc2ccccc2)c(C#N)c1Nc1ccccc1. The Bertz CT molecular complexity index is 938. The summed E-state index contributed by atoms with van der Waals surface area (Å²) >= 11 is 0. The lowest BCUT2D eigenvalue weighted by molar-refractivity contribution is 1.10. The zero-order chi connectivity index (χ0) is 17.5. The molecule has 0 aliphatic rings. The monoisotopic (exact) mass is 325 g/mol. The number of pyridine rings is 1. The van der Waals surface area contributed by atoms with Crippen LogP contribution in [-0.2, 0) is 6.54 Å². The molecular formula is C20H15N5. The quantitative estimate of drug-likeness (QED) is 0.735. The first-order chi connectivity index (χ1) is 12.3. The molecule has 25 heavy (non-hydrogen) atoms. The summed E-state index contributed by atoms with van der Waals surface area (Å²) < 4.78 is 0. The maximum absolute atomic E-state index is 9.62. The van der Waals surface area contributed by atoms with Gasteiger partial charge in [-0.25, -0.2) is 4.98 Å². The van der Waals surface area contributed by atoms with Crippen molar-refractivity contribution in [2.45, 2.75) is 6.54 Å². The first-order valence-corrected chi connectivity index (χ1v) is 7.75. The van der Waals surface area contributed by atoms with Crippen LogP contribution in [0, 0.1) is 22.7 Å². The molecule has 0 unspecified atom stereocenters. The van der Waals surface area contributed by atoms with Crippen molar-refractivity contribution in [2.24, 2.45) is 0 Å². The zero-order valence-corrected chi connectivity index (χ0v) is 13.4. The van der Waals surface area contributed by atoms with Crippen molar-refractivity contribution in [3.05, 3.63) is 83.6 Å². The van der Waals surface area contributed by atoms with Crippen LogP contribution in [0.5, 0.6) is 0 Å². The highest BCUT2D eigenvalue weighted by molar-refractivity contribution is 5.77. The van der Waals surface area contributed by atoms with Crippen molar-refractivity contribution in [2.75, 3.05) is 10.6 Å². The van der Waals surface area contributed by atoms with Crippen molar-refractivity contribution in [1.82, 2.24) is 4.98 Å². The second-order valence-electron chi connectivity index (χ2n) is 5.32. The molecule has 0 amide bonds. The maximum Gasteiger partial charge on any atom is 0.146 e. The van der Waals surface area contributed by atoms with Crippen molar-refractivity contribution < 1.29 is 0 Å². The Kier molecular flexibility index (Phi) is 4.90. The van der Waals surface area contributed by atoms with Gasteiger partial charge >= 0.3 is 0 Å². The number of hydrogen-bond acceptors (Lipinski definition) is 5. The lowest BCUT2D eigenvalue weighted by Crippen LogP contribution is -2.07. The fourth-order valence-corrected chi connectivity index (χ4v) is 2.42. The summed E-state index contributed by atoms with van der Waals surface area (Å²) in [5, 5.41) is 25.3. The van der Waals surface area contributed by atoms with Crippen LogP contribution in [0.3, 0.4) is 0 Å². The van der Waals surface area contributed by atoms with Crippen LogP contribution >= 0.6 is 0 Å². The van der Waals surface area contributed by atoms with Crippen LogP contribution in [0.25, 0.3) is 0 Å². The molecule has 1 aromatic heterocycles. The Morgan fingerprint density at radius 1 is 0.880 bits per heavy atom. The number of rotatable bonds is 5. The van der Waals surface area contributed by atoms with Crippen molar-refractivity contribution in [3.8, 4) is 12.1 Å². The molecule has 0 atom stereocenters. The number of hydrogen-bond donors (Lipinski definition) is 2. The van der Waals surface area contributed by atoms with Crippen LogP contribution in [-0.4, -0.2) is 4.98 Å². The highest BCUT2D eigenvalue weighted by atomic mass is 15.0. The van der Waals surface area contributed by atoms with Gasteiger partial charge in [0.15, 0.2) is 0 Å². The minimum Gasteiger partial charge on any atom is -0.365 e. The number of nitrogens with zero attached hydrogens (tertiary/aromatic N) is 3. The van der Waals surface area contributed by atoms with E-state index in [0.717, 1.165) is 11.3 Å². The Morgan fingerprint density at radius 3 is 2.20 bits per heavy atom. The summed E-state index contributed by atoms with van der Waals surface area (Å²) in [7, 11) is 0. The molecule has 2 aromatic carbocycles. The summed E-state index contributed by atoms with van der Waals surface area (Å²) in [4.78, 5) is 4.24. The van der Waals surface area contributed by atoms with Crippen LogP contribution in [0.1, 0.15) is 16.7 Å². The van der Waals surface area contributed by atoms with Gasteiger partial charge in [0.1, 0.15) is 23.5 Å². The van der Waals surface area contributed by atoms with E-state index in [-0.39, 0.29) is 0 Å². The first kappa shape index (κ1) is 16.0. The van der Waals surface area contributed by atoms with E-state index in [4.69, 9.17) is 0 Å². The second kappa shape index (κ2) is 7.63. The molecule has 3 aromatic rings. The third-order valence-electron chi connectivity index (χ3n) is 3.66. The predicted octanol–water partition coefficient (Wildman–Crippen LogP) is 4.18. The Hall–Kier alpha value is -3.83. The van der Waals surface area contributed by atoms with Crippen LogP contribution in [0.4, 0.5) is 17.2 Å². The molecule has 5 heteroatoms. The molecule has 2 N–H and O–H groups in total. The molecule has 1 heterocycles. The number of nitriles is 2. The van der Waals surface area contributed by atoms with Gasteiger partial charge in [0.2, 0.25) is 0 Å². The van der Waals surface area contributed by atoms with E-state index in [0.29, 0.717) is 29.2 Å². The molecule has 0 saturated carbocycles. The second-order valence-corrected chi connectivity index (χ2v) is 5.32. The minimum atomic E-state index is 0.318. The number of aromatic nitrogens is 1. The van der Waals surface area contributed by atoms with E-state index in [1.807, 2.05) is 60.7 Å². The van der Waals surface area contributed by atoms with E-state index in [1.165, 1.54) is 6.20 Å². The number of anilines is 3. The molecule has 0 spiro atoms. The number of para-hydroxylation sites is 1. The van der Waals surface area contributed by atoms with Gasteiger partial charge in [-0.05, 0) is 17.7 Å². The van der Waals surface area contributed by atoms with E-state index >= 15 is 0 Å². The third-order valence-corrected chi connectivity index (χ3v) is 3.66. The van der Waals surface area contributed by atoms with Gasteiger partial charge in [-0.1, -0.05) is 48.5 Å². The summed E-state index contributed by atoms with van der Waals surface area (Å²) in [5.41, 5.74) is 2.98. The average Bonchev–Trinajstić information content (AvgIpc) is 2.68. The van der Waals surface area contributed by atoms with E-state index in [9.17, 15) is 10.5 Å². The molecule has 3 rings (SSSR count). The molecule has 5 nitrogen and oxygen atoms in total. The van der Waals surface area contributed by atoms with Gasteiger partial charge in [0, 0.05) is 18.4 Å². The molecule has 0 aliphatic carbocycles. The molecule has 0 radical (unpaired) electrons. The summed E-state index contributed by atoms with van der Waals surface area (Å²) in [6, 6.07) is 23.5. The Balaban J connectivity index is 1.93. The smallest absolute Gasteiger partial charge is 0.146 e. The van der Waals surface area contributed by atoms with Crippen LogP contribution in [0.2, 0.25) is 0 Å². The first-order valence-electron chi connectivity index (χ1n) is 7.75. The summed E-state index contributed by atoms with van der Waals surface area (Å²) in [6.45, 7) is 0.541. The van der Waals surface area contributed by atoms with Crippen LogP contribution < -0.4 is 10.6 Å². The van der Waals surface area contributed by atoms with E-state index < -0.39 is 0 Å². The summed E-state index contributed by atoms with van der Waals surface area (Å²) in [6.07, 6.45) is 1.47. The third kappa shape index (κ3) is 3.74. The lowest BCUT2D eigenvalue weighted by atomic mass is 10.1. The Labute approximate surface area is 146 Å². The van der Waals surface area contributed by atoms with E-state index in [2.05, 4.69) is 27.8 Å². The van der Waals surface area contributed by atoms with E-state index in [1.54, 1.807) is 0 Å². The Morgan fingerprint density at radius 2 is 1.56 bits per heavy atom. The molecule has 0 bridgehead atoms. The fourth-order valence-electron chi connectivity index (χ4n) is 2.42.